The topological polar surface area (TPSA) is 70.4 Å². The lowest BCUT2D eigenvalue weighted by Gasteiger charge is -2.27. The number of guanidine groups is 1. The summed E-state index contributed by atoms with van der Waals surface area (Å²) in [5.74, 6) is 1.97. The molecule has 8 heteroatoms. The second-order valence-electron chi connectivity index (χ2n) is 6.66. The molecule has 0 radical (unpaired) electrons. The minimum atomic E-state index is 0. The summed E-state index contributed by atoms with van der Waals surface area (Å²) in [5.41, 5.74) is 0. The maximum atomic E-state index is 4.35. The third-order valence-electron chi connectivity index (χ3n) is 5.07. The first-order valence-electron chi connectivity index (χ1n) is 8.80. The van der Waals surface area contributed by atoms with Crippen LogP contribution in [0.4, 0.5) is 0 Å². The number of hydrogen-bond donors (Lipinski definition) is 2. The van der Waals surface area contributed by atoms with Crippen molar-refractivity contribution in [1.82, 2.24) is 30.3 Å². The Labute approximate surface area is 161 Å². The Balaban J connectivity index is 0.00000208. The van der Waals surface area contributed by atoms with Gasteiger partial charge >= 0.3 is 0 Å². The highest BCUT2D eigenvalue weighted by Gasteiger charge is 2.21. The van der Waals surface area contributed by atoms with Crippen molar-refractivity contribution in [2.75, 3.05) is 27.2 Å². The molecule has 1 aromatic heterocycles. The lowest BCUT2D eigenvalue weighted by molar-refractivity contribution is 0.249. The van der Waals surface area contributed by atoms with Crippen molar-refractivity contribution in [2.24, 2.45) is 4.99 Å². The number of fused-ring (bicyclic) bond motifs is 1. The summed E-state index contributed by atoms with van der Waals surface area (Å²) in [7, 11) is 4.07. The smallest absolute Gasteiger partial charge is 0.191 e. The van der Waals surface area contributed by atoms with Crippen LogP contribution in [0.1, 0.15) is 37.9 Å². The zero-order valence-corrected chi connectivity index (χ0v) is 17.1. The van der Waals surface area contributed by atoms with Gasteiger partial charge in [-0.15, -0.1) is 24.0 Å². The molecule has 0 bridgehead atoms. The number of halogens is 1. The third kappa shape index (κ3) is 5.05. The number of rotatable bonds is 5. The summed E-state index contributed by atoms with van der Waals surface area (Å²) in [6, 6.07) is 1.14. The highest BCUT2D eigenvalue weighted by Crippen LogP contribution is 2.21. The molecule has 0 saturated heterocycles. The first kappa shape index (κ1) is 19.4. The monoisotopic (exact) mass is 447 g/mol. The predicted octanol–water partition coefficient (Wildman–Crippen LogP) is 1.25. The minimum Gasteiger partial charge on any atom is -0.355 e. The summed E-state index contributed by atoms with van der Waals surface area (Å²) < 4.78 is 1.99. The van der Waals surface area contributed by atoms with E-state index in [2.05, 4.69) is 37.7 Å². The van der Waals surface area contributed by atoms with Crippen LogP contribution in [0.5, 0.6) is 0 Å². The van der Waals surface area contributed by atoms with Crippen LogP contribution >= 0.6 is 24.0 Å². The average Bonchev–Trinajstić information content (AvgIpc) is 3.24. The molecule has 2 heterocycles. The molecule has 1 saturated carbocycles. The Morgan fingerprint density at radius 1 is 1.38 bits per heavy atom. The van der Waals surface area contributed by atoms with Gasteiger partial charge in [-0.2, -0.15) is 5.10 Å². The Kier molecular flexibility index (Phi) is 7.73. The van der Waals surface area contributed by atoms with Crippen molar-refractivity contribution in [3.63, 3.8) is 0 Å². The summed E-state index contributed by atoms with van der Waals surface area (Å²) in [4.78, 5) is 11.1. The summed E-state index contributed by atoms with van der Waals surface area (Å²) in [6.07, 6.45) is 9.16. The highest BCUT2D eigenvalue weighted by atomic mass is 127. The molecule has 1 fully saturated rings. The second kappa shape index (κ2) is 9.55. The molecule has 7 nitrogen and oxygen atoms in total. The largest absolute Gasteiger partial charge is 0.355 e. The Hall–Kier alpha value is -0.900. The predicted molar refractivity (Wildman–Crippen MR) is 107 cm³/mol. The molecule has 2 aliphatic rings. The van der Waals surface area contributed by atoms with E-state index in [4.69, 9.17) is 0 Å². The molecular weight excluding hydrogens is 417 g/mol. The lowest BCUT2D eigenvalue weighted by atomic mass is 10.1. The molecule has 136 valence electrons. The van der Waals surface area contributed by atoms with Crippen LogP contribution < -0.4 is 10.6 Å². The van der Waals surface area contributed by atoms with Crippen LogP contribution in [0.3, 0.4) is 0 Å². The molecule has 1 aliphatic heterocycles. The van der Waals surface area contributed by atoms with Gasteiger partial charge in [0.05, 0.1) is 6.54 Å². The summed E-state index contributed by atoms with van der Waals surface area (Å²) in [6.45, 7) is 2.84. The number of aliphatic imine (C=N–C) groups is 1. The van der Waals surface area contributed by atoms with E-state index < -0.39 is 0 Å². The van der Waals surface area contributed by atoms with Gasteiger partial charge in [-0.05, 0) is 26.3 Å². The first-order chi connectivity index (χ1) is 11.3. The number of nitrogens with one attached hydrogen (secondary N) is 2. The summed E-state index contributed by atoms with van der Waals surface area (Å²) >= 11 is 0. The molecule has 3 rings (SSSR count). The van der Waals surface area contributed by atoms with Gasteiger partial charge in [-0.1, -0.05) is 12.8 Å². The molecule has 1 atom stereocenters. The third-order valence-corrected chi connectivity index (χ3v) is 5.07. The van der Waals surface area contributed by atoms with Gasteiger partial charge in [-0.3, -0.25) is 4.99 Å². The fourth-order valence-corrected chi connectivity index (χ4v) is 3.62. The van der Waals surface area contributed by atoms with Crippen molar-refractivity contribution in [2.45, 2.75) is 57.2 Å². The number of likely N-dealkylation sites (N-methyl/N-ethyl adjacent to an activating group) is 1. The van der Waals surface area contributed by atoms with Crippen LogP contribution in [-0.4, -0.2) is 64.9 Å². The molecule has 1 aliphatic carbocycles. The van der Waals surface area contributed by atoms with E-state index in [0.717, 1.165) is 50.3 Å². The number of aryl methyl sites for hydroxylation is 1. The molecule has 1 aromatic rings. The average molecular weight is 447 g/mol. The normalized spacial score (nSPS) is 21.5. The Morgan fingerprint density at radius 3 is 2.92 bits per heavy atom. The fraction of sp³-hybridized carbons (Fsp3) is 0.812. The fourth-order valence-electron chi connectivity index (χ4n) is 3.62. The number of hydrogen-bond acceptors (Lipinski definition) is 4. The van der Waals surface area contributed by atoms with E-state index in [9.17, 15) is 0 Å². The van der Waals surface area contributed by atoms with Crippen molar-refractivity contribution < 1.29 is 0 Å². The van der Waals surface area contributed by atoms with Crippen molar-refractivity contribution in [1.29, 1.82) is 0 Å². The van der Waals surface area contributed by atoms with Gasteiger partial charge in [0, 0.05) is 38.6 Å². The van der Waals surface area contributed by atoms with Gasteiger partial charge in [0.25, 0.3) is 0 Å². The van der Waals surface area contributed by atoms with Crippen molar-refractivity contribution in [3.8, 4) is 0 Å². The molecule has 2 N–H and O–H groups in total. The van der Waals surface area contributed by atoms with Crippen LogP contribution in [0.25, 0.3) is 0 Å². The van der Waals surface area contributed by atoms with Crippen LogP contribution in [0, 0.1) is 0 Å². The molecular formula is C16H30IN7. The second-order valence-corrected chi connectivity index (χ2v) is 6.66. The standard InChI is InChI=1S/C16H29N7.HI/c1-17-16(18-9-10-22(2)14-5-3-4-6-14)21-13-7-8-15-19-12-20-23(15)11-13;/h12-14H,3-11H2,1-2H3,(H2,17,18,21);1H. The quantitative estimate of drug-likeness (QED) is 0.404. The van der Waals surface area contributed by atoms with Gasteiger partial charge < -0.3 is 15.5 Å². The maximum absolute atomic E-state index is 4.35. The van der Waals surface area contributed by atoms with Crippen molar-refractivity contribution in [3.05, 3.63) is 12.2 Å². The molecule has 0 spiro atoms. The first-order valence-corrected chi connectivity index (χ1v) is 8.80. The Morgan fingerprint density at radius 2 is 2.17 bits per heavy atom. The van der Waals surface area contributed by atoms with Gasteiger partial charge in [0.15, 0.2) is 5.96 Å². The summed E-state index contributed by atoms with van der Waals surface area (Å²) in [5, 5.41) is 11.2. The number of nitrogens with zero attached hydrogens (tertiary/aromatic N) is 5. The van der Waals surface area contributed by atoms with E-state index in [1.807, 2.05) is 11.7 Å². The van der Waals surface area contributed by atoms with Gasteiger partial charge in [-0.25, -0.2) is 9.67 Å². The minimum absolute atomic E-state index is 0. The van der Waals surface area contributed by atoms with E-state index in [-0.39, 0.29) is 24.0 Å². The molecule has 0 amide bonds. The zero-order valence-electron chi connectivity index (χ0n) is 14.7. The molecule has 1 unspecified atom stereocenters. The zero-order chi connectivity index (χ0) is 16.1. The SMILES string of the molecule is CN=C(NCCN(C)C1CCCC1)NC1CCc2ncnn2C1.I. The number of aromatic nitrogens is 3. The Bertz CT molecular complexity index is 524. The van der Waals surface area contributed by atoms with E-state index in [0.29, 0.717) is 6.04 Å². The van der Waals surface area contributed by atoms with Gasteiger partial charge in [0.1, 0.15) is 12.2 Å². The highest BCUT2D eigenvalue weighted by molar-refractivity contribution is 14.0. The van der Waals surface area contributed by atoms with E-state index >= 15 is 0 Å². The lowest BCUT2D eigenvalue weighted by Crippen LogP contribution is -2.48. The molecule has 0 aromatic carbocycles. The van der Waals surface area contributed by atoms with Crippen LogP contribution in [0.2, 0.25) is 0 Å². The van der Waals surface area contributed by atoms with Crippen molar-refractivity contribution >= 4 is 29.9 Å². The maximum Gasteiger partial charge on any atom is 0.191 e. The van der Waals surface area contributed by atoms with Crippen LogP contribution in [0.15, 0.2) is 11.3 Å². The molecule has 24 heavy (non-hydrogen) atoms. The van der Waals surface area contributed by atoms with E-state index in [1.54, 1.807) is 6.33 Å². The van der Waals surface area contributed by atoms with Crippen LogP contribution in [-0.2, 0) is 13.0 Å². The van der Waals surface area contributed by atoms with Gasteiger partial charge in [0.2, 0.25) is 0 Å². The van der Waals surface area contributed by atoms with E-state index in [1.165, 1.54) is 25.7 Å².